The van der Waals surface area contributed by atoms with Gasteiger partial charge in [0.05, 0.1) is 56.2 Å². The topological polar surface area (TPSA) is 57.4 Å². The van der Waals surface area contributed by atoms with Gasteiger partial charge in [-0.15, -0.1) is 0 Å². The molecular weight excluding hydrogens is 629 g/mol. The van der Waals surface area contributed by atoms with E-state index in [1.165, 1.54) is 6.07 Å². The second-order valence-electron chi connectivity index (χ2n) is 13.2. The number of benzene rings is 6. The van der Waals surface area contributed by atoms with Crippen LogP contribution >= 0.6 is 0 Å². The highest BCUT2D eigenvalue weighted by molar-refractivity contribution is 6.11. The fraction of sp³-hybridized carbons (Fsp3) is 0.116. The Labute approximate surface area is 286 Å². The van der Waals surface area contributed by atoms with Crippen LogP contribution in [0.15, 0.2) is 103 Å². The monoisotopic (exact) mass is 658 g/mol. The first-order valence-electron chi connectivity index (χ1n) is 16.2. The number of fused-ring (bicyclic) bond motifs is 6. The molecule has 6 aromatic carbocycles. The summed E-state index contributed by atoms with van der Waals surface area (Å²) >= 11 is 0. The first kappa shape index (κ1) is 31.0. The Hall–Kier alpha value is -6.31. The Morgan fingerprint density at radius 3 is 1.34 bits per heavy atom. The second-order valence-corrected chi connectivity index (χ2v) is 13.2. The van der Waals surface area contributed by atoms with Crippen LogP contribution in [0.5, 0.6) is 0 Å². The Balaban J connectivity index is 1.58. The molecule has 0 unspecified atom stereocenters. The number of rotatable bonds is 3. The molecule has 0 radical (unpaired) electrons. The molecule has 8 aromatic rings. The first-order valence-corrected chi connectivity index (χ1v) is 16.2. The van der Waals surface area contributed by atoms with Gasteiger partial charge in [0.15, 0.2) is 0 Å². The van der Waals surface area contributed by atoms with Crippen molar-refractivity contribution in [3.05, 3.63) is 142 Å². The summed E-state index contributed by atoms with van der Waals surface area (Å²) in [6.07, 6.45) is -4.68. The van der Waals surface area contributed by atoms with Gasteiger partial charge in [0.1, 0.15) is 6.07 Å². The molecule has 0 saturated carbocycles. The van der Waals surface area contributed by atoms with E-state index >= 15 is 0 Å². The highest BCUT2D eigenvalue weighted by Crippen LogP contribution is 2.43. The number of halogens is 3. The highest BCUT2D eigenvalue weighted by Gasteiger charge is 2.32. The van der Waals surface area contributed by atoms with E-state index in [1.54, 1.807) is 6.07 Å². The predicted octanol–water partition coefficient (Wildman–Crippen LogP) is 11.5. The molecule has 0 atom stereocenters. The summed E-state index contributed by atoms with van der Waals surface area (Å²) in [5.41, 5.74) is 8.65. The number of aromatic nitrogens is 2. The second kappa shape index (κ2) is 11.1. The van der Waals surface area contributed by atoms with E-state index in [0.29, 0.717) is 22.5 Å². The number of nitriles is 2. The average Bonchev–Trinajstić information content (AvgIpc) is 3.57. The predicted molar refractivity (Wildman–Crippen MR) is 194 cm³/mol. The van der Waals surface area contributed by atoms with Crippen molar-refractivity contribution in [1.82, 2.24) is 9.13 Å². The smallest absolute Gasteiger partial charge is 0.309 e. The third-order valence-electron chi connectivity index (χ3n) is 9.57. The fourth-order valence-electron chi connectivity index (χ4n) is 7.28. The molecule has 242 valence electrons. The fourth-order valence-corrected chi connectivity index (χ4v) is 7.28. The summed E-state index contributed by atoms with van der Waals surface area (Å²) in [4.78, 5) is 0. The van der Waals surface area contributed by atoms with Gasteiger partial charge >= 0.3 is 6.18 Å². The molecule has 8 rings (SSSR count). The zero-order valence-electron chi connectivity index (χ0n) is 27.7. The average molecular weight is 659 g/mol. The van der Waals surface area contributed by atoms with Gasteiger partial charge in [-0.3, -0.25) is 0 Å². The third kappa shape index (κ3) is 4.82. The van der Waals surface area contributed by atoms with Gasteiger partial charge < -0.3 is 9.13 Å². The van der Waals surface area contributed by atoms with Crippen LogP contribution in [0.25, 0.3) is 66.1 Å². The van der Waals surface area contributed by atoms with Crippen LogP contribution in [0.2, 0.25) is 0 Å². The van der Waals surface area contributed by atoms with Crippen LogP contribution in [-0.2, 0) is 6.18 Å². The number of alkyl halides is 3. The lowest BCUT2D eigenvalue weighted by atomic mass is 9.95. The maximum Gasteiger partial charge on any atom is 0.416 e. The largest absolute Gasteiger partial charge is 0.416 e. The van der Waals surface area contributed by atoms with Crippen molar-refractivity contribution in [2.24, 2.45) is 0 Å². The van der Waals surface area contributed by atoms with Crippen molar-refractivity contribution >= 4 is 43.6 Å². The van der Waals surface area contributed by atoms with Gasteiger partial charge in [-0.1, -0.05) is 48.5 Å². The molecule has 50 heavy (non-hydrogen) atoms. The molecule has 4 nitrogen and oxygen atoms in total. The Kier molecular flexibility index (Phi) is 6.89. The Morgan fingerprint density at radius 2 is 0.940 bits per heavy atom. The maximum atomic E-state index is 14.4. The lowest BCUT2D eigenvalue weighted by molar-refractivity contribution is -0.137. The summed E-state index contributed by atoms with van der Waals surface area (Å²) in [6.45, 7) is 8.00. The zero-order valence-corrected chi connectivity index (χ0v) is 27.7. The minimum Gasteiger partial charge on any atom is -0.309 e. The van der Waals surface area contributed by atoms with E-state index in [4.69, 9.17) is 0 Å². The van der Waals surface area contributed by atoms with Gasteiger partial charge in [0, 0.05) is 27.1 Å². The molecule has 7 heteroatoms. The van der Waals surface area contributed by atoms with Crippen molar-refractivity contribution in [3.8, 4) is 34.6 Å². The van der Waals surface area contributed by atoms with Gasteiger partial charge in [0.2, 0.25) is 0 Å². The summed E-state index contributed by atoms with van der Waals surface area (Å²) in [6, 6.07) is 36.1. The van der Waals surface area contributed by atoms with Crippen LogP contribution in [0.3, 0.4) is 0 Å². The molecule has 0 aliphatic carbocycles. The molecular formula is C43H29F3N4. The quantitative estimate of drug-likeness (QED) is 0.190. The molecule has 0 aliphatic heterocycles. The van der Waals surface area contributed by atoms with Gasteiger partial charge in [-0.2, -0.15) is 23.7 Å². The molecule has 0 amide bonds. The molecule has 0 N–H and O–H groups in total. The van der Waals surface area contributed by atoms with Crippen molar-refractivity contribution in [3.63, 3.8) is 0 Å². The van der Waals surface area contributed by atoms with Crippen LogP contribution in [-0.4, -0.2) is 9.13 Å². The van der Waals surface area contributed by atoms with Crippen molar-refractivity contribution in [2.75, 3.05) is 0 Å². The van der Waals surface area contributed by atoms with Crippen LogP contribution in [0.1, 0.15) is 38.9 Å². The molecule has 0 saturated heterocycles. The van der Waals surface area contributed by atoms with E-state index in [-0.39, 0.29) is 11.1 Å². The molecule has 0 bridgehead atoms. The minimum atomic E-state index is -4.68. The van der Waals surface area contributed by atoms with Gasteiger partial charge in [-0.05, 0) is 110 Å². The Bertz CT molecular complexity index is 2700. The number of aryl methyl sites for hydroxylation is 4. The van der Waals surface area contributed by atoms with Crippen LogP contribution < -0.4 is 0 Å². The Morgan fingerprint density at radius 1 is 0.500 bits per heavy atom. The summed E-state index contributed by atoms with van der Waals surface area (Å²) in [5, 5.41) is 24.7. The van der Waals surface area contributed by atoms with E-state index < -0.39 is 11.7 Å². The molecule has 2 aromatic heterocycles. The van der Waals surface area contributed by atoms with Crippen LogP contribution in [0, 0.1) is 50.4 Å². The lowest BCUT2D eigenvalue weighted by Crippen LogP contribution is -2.07. The molecule has 2 heterocycles. The zero-order chi connectivity index (χ0) is 35.1. The summed E-state index contributed by atoms with van der Waals surface area (Å²) in [7, 11) is 0. The van der Waals surface area contributed by atoms with Crippen molar-refractivity contribution in [1.29, 1.82) is 10.5 Å². The third-order valence-corrected chi connectivity index (χ3v) is 9.57. The molecule has 0 aliphatic rings. The van der Waals surface area contributed by atoms with E-state index in [1.807, 2.05) is 73.2 Å². The molecule has 0 fully saturated rings. The van der Waals surface area contributed by atoms with Gasteiger partial charge in [0.25, 0.3) is 0 Å². The van der Waals surface area contributed by atoms with Crippen molar-refractivity contribution in [2.45, 2.75) is 33.9 Å². The highest BCUT2D eigenvalue weighted by atomic mass is 19.4. The summed E-state index contributed by atoms with van der Waals surface area (Å²) < 4.78 is 47.2. The van der Waals surface area contributed by atoms with E-state index in [9.17, 15) is 23.7 Å². The first-order chi connectivity index (χ1) is 23.9. The van der Waals surface area contributed by atoms with Crippen LogP contribution in [0.4, 0.5) is 13.2 Å². The minimum absolute atomic E-state index is 0.108. The number of nitrogens with zero attached hydrogens (tertiary/aromatic N) is 4. The number of hydrogen-bond donors (Lipinski definition) is 0. The number of hydrogen-bond acceptors (Lipinski definition) is 2. The SMILES string of the molecule is Cc1ccc2c3ccc(C)cc3n(-c3cc(-c4cc(C#N)cc(C(F)(F)F)c4)c(-n4c5cc(C)ccc5c5ccc(C)cc54)cc3C#N)c2c1. The van der Waals surface area contributed by atoms with E-state index in [0.717, 1.165) is 78.0 Å². The normalized spacial score (nSPS) is 11.9. The maximum absolute atomic E-state index is 14.4. The van der Waals surface area contributed by atoms with Crippen molar-refractivity contribution < 1.29 is 13.2 Å². The standard InChI is InChI=1S/C43H29F3N4/c1-24-5-9-32-33-10-6-25(2)14-39(33)49(38(32)13-24)37-21-36(29-17-28(22-47)18-31(19-29)43(44,45)46)42(20-30(37)23-48)50-40-15-26(3)7-11-34(40)35-12-8-27(4)16-41(35)50/h5-21H,1-4H3. The van der Waals surface area contributed by atoms with E-state index in [2.05, 4.69) is 54.6 Å². The summed E-state index contributed by atoms with van der Waals surface area (Å²) in [5.74, 6) is 0. The molecule has 0 spiro atoms. The van der Waals surface area contributed by atoms with Gasteiger partial charge in [-0.25, -0.2) is 0 Å². The lowest BCUT2D eigenvalue weighted by Gasteiger charge is -2.20.